The third kappa shape index (κ3) is 5.11. The number of halogens is 1. The number of piperidine rings is 1. The van der Waals surface area contributed by atoms with Crippen LogP contribution in [0.15, 0.2) is 48.8 Å². The lowest BCUT2D eigenvalue weighted by Crippen LogP contribution is -2.38. The fourth-order valence-electron chi connectivity index (χ4n) is 4.00. The Kier molecular flexibility index (Phi) is 6.75. The Morgan fingerprint density at radius 2 is 1.97 bits per heavy atom. The molecule has 3 aromatic rings. The van der Waals surface area contributed by atoms with Crippen LogP contribution in [0.25, 0.3) is 11.1 Å². The second-order valence-corrected chi connectivity index (χ2v) is 8.05. The number of carbonyl (C=O) groups is 1. The lowest BCUT2D eigenvalue weighted by atomic mass is 10.0. The zero-order chi connectivity index (χ0) is 22.5. The van der Waals surface area contributed by atoms with E-state index in [0.29, 0.717) is 24.1 Å². The SMILES string of the molecule is Cc1ncnc(C)c1-c1cc(NC(=O)c2cccc(F)c2)ccc1OC[C@H]1CCCCN1. The molecule has 2 heterocycles. The smallest absolute Gasteiger partial charge is 0.255 e. The van der Waals surface area contributed by atoms with Crippen LogP contribution in [0.2, 0.25) is 0 Å². The first kappa shape index (κ1) is 21.9. The maximum Gasteiger partial charge on any atom is 0.255 e. The summed E-state index contributed by atoms with van der Waals surface area (Å²) in [5.74, 6) is -0.124. The highest BCUT2D eigenvalue weighted by Gasteiger charge is 2.18. The number of hydrogen-bond donors (Lipinski definition) is 2. The van der Waals surface area contributed by atoms with E-state index in [0.717, 1.165) is 35.5 Å². The fraction of sp³-hybridized carbons (Fsp3) is 0.320. The molecule has 0 saturated carbocycles. The fourth-order valence-corrected chi connectivity index (χ4v) is 4.00. The van der Waals surface area contributed by atoms with Gasteiger partial charge in [-0.1, -0.05) is 12.5 Å². The quantitative estimate of drug-likeness (QED) is 0.590. The van der Waals surface area contributed by atoms with Crippen LogP contribution in [0.5, 0.6) is 5.75 Å². The summed E-state index contributed by atoms with van der Waals surface area (Å²) < 4.78 is 19.7. The largest absolute Gasteiger partial charge is 0.491 e. The van der Waals surface area contributed by atoms with Gasteiger partial charge in [0.2, 0.25) is 0 Å². The molecule has 1 aromatic heterocycles. The molecule has 1 aliphatic heterocycles. The van der Waals surface area contributed by atoms with Crippen molar-refractivity contribution in [2.45, 2.75) is 39.2 Å². The maximum absolute atomic E-state index is 13.5. The number of nitrogens with one attached hydrogen (secondary N) is 2. The van der Waals surface area contributed by atoms with Gasteiger partial charge in [-0.2, -0.15) is 0 Å². The van der Waals surface area contributed by atoms with Crippen LogP contribution in [0.1, 0.15) is 41.0 Å². The van der Waals surface area contributed by atoms with Gasteiger partial charge in [0.15, 0.2) is 0 Å². The van der Waals surface area contributed by atoms with Crippen molar-refractivity contribution < 1.29 is 13.9 Å². The Hall–Kier alpha value is -3.32. The molecule has 32 heavy (non-hydrogen) atoms. The zero-order valence-corrected chi connectivity index (χ0v) is 18.3. The molecule has 0 bridgehead atoms. The van der Waals surface area contributed by atoms with Gasteiger partial charge in [0.05, 0.1) is 0 Å². The van der Waals surface area contributed by atoms with Gasteiger partial charge in [0.25, 0.3) is 5.91 Å². The van der Waals surface area contributed by atoms with Gasteiger partial charge in [0, 0.05) is 39.8 Å². The van der Waals surface area contributed by atoms with Crippen LogP contribution in [0, 0.1) is 19.7 Å². The van der Waals surface area contributed by atoms with Crippen LogP contribution in [0.3, 0.4) is 0 Å². The standard InChI is InChI=1S/C25H27FN4O2/c1-16-24(17(2)29-15-28-16)22-13-20(30-25(31)18-6-5-7-19(26)12-18)9-10-23(22)32-14-21-8-3-4-11-27-21/h5-7,9-10,12-13,15,21,27H,3-4,8,11,14H2,1-2H3,(H,30,31)/t21-/m1/s1. The molecule has 0 spiro atoms. The van der Waals surface area contributed by atoms with E-state index in [-0.39, 0.29) is 11.5 Å². The van der Waals surface area contributed by atoms with Crippen molar-refractivity contribution in [2.24, 2.45) is 0 Å². The van der Waals surface area contributed by atoms with E-state index in [2.05, 4.69) is 20.6 Å². The average molecular weight is 435 g/mol. The van der Waals surface area contributed by atoms with E-state index < -0.39 is 5.82 Å². The number of anilines is 1. The van der Waals surface area contributed by atoms with E-state index >= 15 is 0 Å². The van der Waals surface area contributed by atoms with Gasteiger partial charge in [-0.25, -0.2) is 14.4 Å². The van der Waals surface area contributed by atoms with Crippen molar-refractivity contribution in [3.63, 3.8) is 0 Å². The van der Waals surface area contributed by atoms with Gasteiger partial charge in [-0.3, -0.25) is 4.79 Å². The Labute approximate surface area is 187 Å². The van der Waals surface area contributed by atoms with Crippen molar-refractivity contribution in [3.05, 3.63) is 71.6 Å². The number of amides is 1. The Morgan fingerprint density at radius 1 is 1.16 bits per heavy atom. The molecule has 0 aliphatic carbocycles. The Balaban J connectivity index is 1.64. The van der Waals surface area contributed by atoms with Gasteiger partial charge in [-0.05, 0) is 69.6 Å². The zero-order valence-electron chi connectivity index (χ0n) is 18.3. The molecule has 0 unspecified atom stereocenters. The molecule has 1 saturated heterocycles. The number of hydrogen-bond acceptors (Lipinski definition) is 5. The number of nitrogens with zero attached hydrogens (tertiary/aromatic N) is 2. The summed E-state index contributed by atoms with van der Waals surface area (Å²) in [5.41, 5.74) is 4.18. The molecule has 0 radical (unpaired) electrons. The molecule has 1 atom stereocenters. The monoisotopic (exact) mass is 434 g/mol. The first-order valence-corrected chi connectivity index (χ1v) is 10.9. The van der Waals surface area contributed by atoms with E-state index in [4.69, 9.17) is 4.74 Å². The molecule has 4 rings (SSSR count). The van der Waals surface area contributed by atoms with Crippen LogP contribution < -0.4 is 15.4 Å². The predicted molar refractivity (Wildman–Crippen MR) is 122 cm³/mol. The minimum atomic E-state index is -0.453. The number of carbonyl (C=O) groups excluding carboxylic acids is 1. The summed E-state index contributed by atoms with van der Waals surface area (Å²) in [7, 11) is 0. The van der Waals surface area contributed by atoms with Crippen LogP contribution in [0.4, 0.5) is 10.1 Å². The average Bonchev–Trinajstić information content (AvgIpc) is 2.79. The predicted octanol–water partition coefficient (Wildman–Crippen LogP) is 4.67. The van der Waals surface area contributed by atoms with Gasteiger partial charge in [-0.15, -0.1) is 0 Å². The number of rotatable bonds is 6. The number of aromatic nitrogens is 2. The topological polar surface area (TPSA) is 76.1 Å². The highest BCUT2D eigenvalue weighted by molar-refractivity contribution is 6.04. The summed E-state index contributed by atoms with van der Waals surface area (Å²) >= 11 is 0. The van der Waals surface area contributed by atoms with Gasteiger partial charge < -0.3 is 15.4 Å². The summed E-state index contributed by atoms with van der Waals surface area (Å²) in [6.45, 7) is 5.42. The number of ether oxygens (including phenoxy) is 1. The van der Waals surface area contributed by atoms with Crippen molar-refractivity contribution in [2.75, 3.05) is 18.5 Å². The summed E-state index contributed by atoms with van der Waals surface area (Å²) in [5, 5.41) is 6.35. The van der Waals surface area contributed by atoms with Crippen LogP contribution in [-0.2, 0) is 0 Å². The van der Waals surface area contributed by atoms with Gasteiger partial charge in [0.1, 0.15) is 24.5 Å². The summed E-state index contributed by atoms with van der Waals surface area (Å²) in [6, 6.07) is 11.4. The Bertz CT molecular complexity index is 1090. The molecule has 1 aliphatic rings. The molecular weight excluding hydrogens is 407 g/mol. The van der Waals surface area contributed by atoms with Crippen molar-refractivity contribution >= 4 is 11.6 Å². The molecule has 2 aromatic carbocycles. The molecule has 1 amide bonds. The van der Waals surface area contributed by atoms with E-state index in [1.165, 1.54) is 37.4 Å². The normalized spacial score (nSPS) is 15.9. The summed E-state index contributed by atoms with van der Waals surface area (Å²) in [6.07, 6.45) is 5.02. The molecule has 2 N–H and O–H groups in total. The molecule has 6 nitrogen and oxygen atoms in total. The molecular formula is C25H27FN4O2. The molecule has 1 fully saturated rings. The van der Waals surface area contributed by atoms with E-state index in [1.807, 2.05) is 26.0 Å². The Morgan fingerprint density at radius 3 is 2.69 bits per heavy atom. The molecule has 7 heteroatoms. The second kappa shape index (κ2) is 9.87. The first-order valence-electron chi connectivity index (χ1n) is 10.9. The lowest BCUT2D eigenvalue weighted by Gasteiger charge is -2.24. The maximum atomic E-state index is 13.5. The third-order valence-corrected chi connectivity index (χ3v) is 5.67. The highest BCUT2D eigenvalue weighted by Crippen LogP contribution is 2.36. The van der Waals surface area contributed by atoms with Crippen molar-refractivity contribution in [1.82, 2.24) is 15.3 Å². The second-order valence-electron chi connectivity index (χ2n) is 8.05. The highest BCUT2D eigenvalue weighted by atomic mass is 19.1. The first-order chi connectivity index (χ1) is 15.5. The lowest BCUT2D eigenvalue weighted by molar-refractivity contribution is 0.102. The van der Waals surface area contributed by atoms with Crippen LogP contribution >= 0.6 is 0 Å². The minimum Gasteiger partial charge on any atom is -0.491 e. The van der Waals surface area contributed by atoms with E-state index in [9.17, 15) is 9.18 Å². The summed E-state index contributed by atoms with van der Waals surface area (Å²) in [4.78, 5) is 21.3. The number of aryl methyl sites for hydroxylation is 2. The third-order valence-electron chi connectivity index (χ3n) is 5.67. The van der Waals surface area contributed by atoms with E-state index in [1.54, 1.807) is 12.1 Å². The molecule has 166 valence electrons. The number of benzene rings is 2. The van der Waals surface area contributed by atoms with Crippen molar-refractivity contribution in [3.8, 4) is 16.9 Å². The minimum absolute atomic E-state index is 0.255. The van der Waals surface area contributed by atoms with Gasteiger partial charge >= 0.3 is 0 Å². The van der Waals surface area contributed by atoms with Crippen LogP contribution in [-0.4, -0.2) is 35.1 Å². The van der Waals surface area contributed by atoms with Crippen molar-refractivity contribution in [1.29, 1.82) is 0 Å².